The third-order valence-electron chi connectivity index (χ3n) is 3.09. The van der Waals surface area contributed by atoms with Crippen LogP contribution in [0.5, 0.6) is 0 Å². The van der Waals surface area contributed by atoms with Crippen LogP contribution in [-0.2, 0) is 6.42 Å². The van der Waals surface area contributed by atoms with Gasteiger partial charge in [0.2, 0.25) is 0 Å². The molecule has 0 saturated carbocycles. The number of hydrogen-bond donors (Lipinski definition) is 1. The molecule has 1 aliphatic rings. The average molecular weight is 240 g/mol. The highest BCUT2D eigenvalue weighted by atomic mass is 32.1. The normalized spacial score (nSPS) is 19.6. The van der Waals surface area contributed by atoms with Crippen molar-refractivity contribution in [3.05, 3.63) is 10.6 Å². The molecule has 0 bridgehead atoms. The van der Waals surface area contributed by atoms with Gasteiger partial charge in [-0.3, -0.25) is 0 Å². The van der Waals surface area contributed by atoms with Crippen LogP contribution in [0, 0.1) is 0 Å². The summed E-state index contributed by atoms with van der Waals surface area (Å²) in [7, 11) is 2.09. The molecule has 16 heavy (non-hydrogen) atoms. The molecule has 90 valence electrons. The van der Waals surface area contributed by atoms with E-state index in [0.29, 0.717) is 0 Å². The maximum atomic E-state index is 9.86. The number of aliphatic hydroxyl groups is 1. The number of thiazole rings is 1. The fourth-order valence-corrected chi connectivity index (χ4v) is 3.18. The van der Waals surface area contributed by atoms with Crippen LogP contribution in [0.1, 0.15) is 49.3 Å². The van der Waals surface area contributed by atoms with Gasteiger partial charge in [0, 0.05) is 18.5 Å². The van der Waals surface area contributed by atoms with Crippen LogP contribution in [0.25, 0.3) is 0 Å². The second-order valence-corrected chi connectivity index (χ2v) is 5.55. The van der Waals surface area contributed by atoms with Crippen molar-refractivity contribution < 1.29 is 5.11 Å². The van der Waals surface area contributed by atoms with Gasteiger partial charge < -0.3 is 10.0 Å². The standard InChI is InChI=1S/C12H20N2OS/c1-3-4-8-14(2)12-13-11-9(15)6-5-7-10(11)16-12/h9,15H,3-8H2,1-2H3. The molecule has 2 rings (SSSR count). The highest BCUT2D eigenvalue weighted by Crippen LogP contribution is 2.36. The van der Waals surface area contributed by atoms with E-state index < -0.39 is 0 Å². The molecular formula is C12H20N2OS. The van der Waals surface area contributed by atoms with Gasteiger partial charge >= 0.3 is 0 Å². The Morgan fingerprint density at radius 3 is 3.06 bits per heavy atom. The van der Waals surface area contributed by atoms with Crippen molar-refractivity contribution in [2.75, 3.05) is 18.5 Å². The minimum absolute atomic E-state index is 0.326. The smallest absolute Gasteiger partial charge is 0.185 e. The third kappa shape index (κ3) is 2.38. The van der Waals surface area contributed by atoms with Gasteiger partial charge in [0.15, 0.2) is 5.13 Å². The van der Waals surface area contributed by atoms with Crippen LogP contribution in [-0.4, -0.2) is 23.7 Å². The summed E-state index contributed by atoms with van der Waals surface area (Å²) < 4.78 is 0. The molecule has 3 nitrogen and oxygen atoms in total. The van der Waals surface area contributed by atoms with Gasteiger partial charge in [-0.15, -0.1) is 11.3 Å². The summed E-state index contributed by atoms with van der Waals surface area (Å²) in [6, 6.07) is 0. The molecule has 0 spiro atoms. The average Bonchev–Trinajstić information content (AvgIpc) is 2.71. The van der Waals surface area contributed by atoms with E-state index in [-0.39, 0.29) is 6.10 Å². The highest BCUT2D eigenvalue weighted by Gasteiger charge is 2.23. The number of anilines is 1. The molecule has 4 heteroatoms. The minimum atomic E-state index is -0.326. The molecule has 1 atom stereocenters. The van der Waals surface area contributed by atoms with Crippen molar-refractivity contribution in [1.82, 2.24) is 4.98 Å². The number of aryl methyl sites for hydroxylation is 1. The van der Waals surface area contributed by atoms with Gasteiger partial charge in [-0.25, -0.2) is 4.98 Å². The Balaban J connectivity index is 2.11. The minimum Gasteiger partial charge on any atom is -0.387 e. The summed E-state index contributed by atoms with van der Waals surface area (Å²) in [6.45, 7) is 3.25. The Bertz CT molecular complexity index is 351. The third-order valence-corrected chi connectivity index (χ3v) is 4.33. The van der Waals surface area contributed by atoms with Crippen molar-refractivity contribution in [2.24, 2.45) is 0 Å². The zero-order valence-electron chi connectivity index (χ0n) is 10.1. The molecule has 0 aliphatic heterocycles. The van der Waals surface area contributed by atoms with E-state index in [9.17, 15) is 5.11 Å². The molecule has 0 aromatic carbocycles. The van der Waals surface area contributed by atoms with Gasteiger partial charge in [0.25, 0.3) is 0 Å². The van der Waals surface area contributed by atoms with E-state index in [0.717, 1.165) is 36.6 Å². The van der Waals surface area contributed by atoms with Gasteiger partial charge in [-0.05, 0) is 25.7 Å². The topological polar surface area (TPSA) is 36.4 Å². The number of aliphatic hydroxyl groups excluding tert-OH is 1. The van der Waals surface area contributed by atoms with Crippen molar-refractivity contribution >= 4 is 16.5 Å². The first-order valence-corrected chi connectivity index (χ1v) is 6.92. The maximum absolute atomic E-state index is 9.86. The summed E-state index contributed by atoms with van der Waals surface area (Å²) >= 11 is 1.75. The summed E-state index contributed by atoms with van der Waals surface area (Å²) in [4.78, 5) is 8.08. The van der Waals surface area contributed by atoms with E-state index in [1.165, 1.54) is 17.7 Å². The maximum Gasteiger partial charge on any atom is 0.185 e. The Kier molecular flexibility index (Phi) is 3.82. The van der Waals surface area contributed by atoms with Gasteiger partial charge in [-0.1, -0.05) is 13.3 Å². The number of unbranched alkanes of at least 4 members (excludes halogenated alkanes) is 1. The van der Waals surface area contributed by atoms with Crippen LogP contribution < -0.4 is 4.90 Å². The Labute approximate surface area is 101 Å². The summed E-state index contributed by atoms with van der Waals surface area (Å²) in [6.07, 6.45) is 5.13. The molecule has 1 unspecified atom stereocenters. The lowest BCUT2D eigenvalue weighted by Crippen LogP contribution is -2.18. The van der Waals surface area contributed by atoms with Crippen LogP contribution in [0.2, 0.25) is 0 Å². The predicted octanol–water partition coefficient (Wildman–Crippen LogP) is 2.75. The second-order valence-electron chi connectivity index (χ2n) is 4.49. The van der Waals surface area contributed by atoms with E-state index in [1.807, 2.05) is 0 Å². The highest BCUT2D eigenvalue weighted by molar-refractivity contribution is 7.15. The second kappa shape index (κ2) is 5.15. The molecule has 1 aromatic heterocycles. The fraction of sp³-hybridized carbons (Fsp3) is 0.750. The Morgan fingerprint density at radius 1 is 1.56 bits per heavy atom. The largest absolute Gasteiger partial charge is 0.387 e. The van der Waals surface area contributed by atoms with Crippen LogP contribution in [0.3, 0.4) is 0 Å². The lowest BCUT2D eigenvalue weighted by atomic mass is 10.0. The lowest BCUT2D eigenvalue weighted by Gasteiger charge is -2.15. The van der Waals surface area contributed by atoms with Crippen molar-refractivity contribution in [1.29, 1.82) is 0 Å². The van der Waals surface area contributed by atoms with E-state index in [2.05, 4.69) is 23.9 Å². The molecule has 0 radical (unpaired) electrons. The Hall–Kier alpha value is -0.610. The summed E-state index contributed by atoms with van der Waals surface area (Å²) in [5, 5.41) is 10.9. The summed E-state index contributed by atoms with van der Waals surface area (Å²) in [5.41, 5.74) is 0.939. The van der Waals surface area contributed by atoms with Crippen LogP contribution in [0.15, 0.2) is 0 Å². The van der Waals surface area contributed by atoms with Gasteiger partial charge in [0.05, 0.1) is 11.8 Å². The molecule has 1 heterocycles. The molecule has 1 N–H and O–H groups in total. The number of hydrogen-bond acceptors (Lipinski definition) is 4. The SMILES string of the molecule is CCCCN(C)c1nc2c(s1)CCCC2O. The summed E-state index contributed by atoms with van der Waals surface area (Å²) in [5.74, 6) is 0. The first-order chi connectivity index (χ1) is 7.72. The van der Waals surface area contributed by atoms with E-state index in [4.69, 9.17) is 0 Å². The lowest BCUT2D eigenvalue weighted by molar-refractivity contribution is 0.153. The molecule has 1 aliphatic carbocycles. The van der Waals surface area contributed by atoms with Gasteiger partial charge in [-0.2, -0.15) is 0 Å². The van der Waals surface area contributed by atoms with Crippen molar-refractivity contribution in [3.63, 3.8) is 0 Å². The fourth-order valence-electron chi connectivity index (χ4n) is 2.04. The zero-order valence-corrected chi connectivity index (χ0v) is 10.9. The number of fused-ring (bicyclic) bond motifs is 1. The molecule has 1 aromatic rings. The zero-order chi connectivity index (χ0) is 11.5. The van der Waals surface area contributed by atoms with Crippen molar-refractivity contribution in [2.45, 2.75) is 45.1 Å². The quantitative estimate of drug-likeness (QED) is 0.879. The van der Waals surface area contributed by atoms with E-state index >= 15 is 0 Å². The first-order valence-electron chi connectivity index (χ1n) is 6.11. The monoisotopic (exact) mass is 240 g/mol. The predicted molar refractivity (Wildman–Crippen MR) is 68.2 cm³/mol. The number of aromatic nitrogens is 1. The van der Waals surface area contributed by atoms with E-state index in [1.54, 1.807) is 11.3 Å². The van der Waals surface area contributed by atoms with Crippen LogP contribution in [0.4, 0.5) is 5.13 Å². The number of nitrogens with zero attached hydrogens (tertiary/aromatic N) is 2. The molecular weight excluding hydrogens is 220 g/mol. The van der Waals surface area contributed by atoms with Crippen molar-refractivity contribution in [3.8, 4) is 0 Å². The molecule has 0 saturated heterocycles. The molecule has 0 amide bonds. The first kappa shape index (κ1) is 11.9. The number of rotatable bonds is 4. The van der Waals surface area contributed by atoms with Crippen LogP contribution >= 0.6 is 11.3 Å². The molecule has 0 fully saturated rings. The Morgan fingerprint density at radius 2 is 2.38 bits per heavy atom. The van der Waals surface area contributed by atoms with Gasteiger partial charge in [0.1, 0.15) is 0 Å².